The third-order valence-electron chi connectivity index (χ3n) is 7.31. The number of piperidine rings is 1. The van der Waals surface area contributed by atoms with Gasteiger partial charge in [0.1, 0.15) is 12.1 Å². The first-order valence-electron chi connectivity index (χ1n) is 12.1. The van der Waals surface area contributed by atoms with Gasteiger partial charge in [-0.25, -0.2) is 4.79 Å². The summed E-state index contributed by atoms with van der Waals surface area (Å²) in [5, 5.41) is 2.75. The largest absolute Gasteiger partial charge is 0.342 e. The predicted octanol–water partition coefficient (Wildman–Crippen LogP) is 2.40. The molecule has 33 heavy (non-hydrogen) atoms. The van der Waals surface area contributed by atoms with Crippen molar-refractivity contribution >= 4 is 23.8 Å². The first-order valence-corrected chi connectivity index (χ1v) is 12.1. The van der Waals surface area contributed by atoms with Crippen LogP contribution in [-0.4, -0.2) is 71.2 Å². The van der Waals surface area contributed by atoms with Gasteiger partial charge in [-0.3, -0.25) is 19.3 Å². The number of hydrogen-bond acceptors (Lipinski definition) is 4. The number of benzene rings is 1. The Morgan fingerprint density at radius 2 is 1.55 bits per heavy atom. The summed E-state index contributed by atoms with van der Waals surface area (Å²) in [5.74, 6) is -0.510. The number of hydrogen-bond donors (Lipinski definition) is 1. The van der Waals surface area contributed by atoms with Crippen molar-refractivity contribution in [2.45, 2.75) is 57.9 Å². The molecule has 3 fully saturated rings. The summed E-state index contributed by atoms with van der Waals surface area (Å²) < 4.78 is 0. The van der Waals surface area contributed by atoms with E-state index in [0.29, 0.717) is 31.5 Å². The average Bonchev–Trinajstić information content (AvgIpc) is 3.01. The summed E-state index contributed by atoms with van der Waals surface area (Å²) in [7, 11) is 0. The lowest BCUT2D eigenvalue weighted by Crippen LogP contribution is -2.48. The molecule has 3 aliphatic rings. The average molecular weight is 455 g/mol. The first-order chi connectivity index (χ1) is 15.8. The second kappa shape index (κ2) is 9.53. The standard InChI is InChI=1S/C25H34N4O4/c1-18-7-9-20(10-8-18)25(2)23(32)29(24(33)26-25)17-21(30)27-15-11-19(12-16-27)22(31)28-13-5-3-4-6-14-28/h7-10,19H,3-6,11-17H2,1-2H3,(H,26,33). The number of likely N-dealkylation sites (tertiary alicyclic amines) is 2. The van der Waals surface area contributed by atoms with Crippen LogP contribution in [0.25, 0.3) is 0 Å². The Morgan fingerprint density at radius 3 is 2.15 bits per heavy atom. The van der Waals surface area contributed by atoms with E-state index in [1.165, 1.54) is 12.8 Å². The number of carbonyl (C=O) groups is 4. The van der Waals surface area contributed by atoms with E-state index in [4.69, 9.17) is 0 Å². The van der Waals surface area contributed by atoms with Crippen LogP contribution in [0, 0.1) is 12.8 Å². The van der Waals surface area contributed by atoms with Gasteiger partial charge in [0.05, 0.1) is 0 Å². The minimum absolute atomic E-state index is 0.0475. The normalized spacial score (nSPS) is 24.6. The SMILES string of the molecule is Cc1ccc(C2(C)NC(=O)N(CC(=O)N3CCC(C(=O)N4CCCCCC4)CC3)C2=O)cc1. The van der Waals surface area contributed by atoms with Crippen molar-refractivity contribution in [2.24, 2.45) is 5.92 Å². The molecule has 3 aliphatic heterocycles. The first kappa shape index (κ1) is 23.3. The molecule has 1 aromatic rings. The van der Waals surface area contributed by atoms with Crippen LogP contribution in [0.3, 0.4) is 0 Å². The van der Waals surface area contributed by atoms with Crippen LogP contribution in [0.2, 0.25) is 0 Å². The summed E-state index contributed by atoms with van der Waals surface area (Å²) in [5.41, 5.74) is 0.565. The molecule has 3 heterocycles. The number of nitrogens with one attached hydrogen (secondary N) is 1. The van der Waals surface area contributed by atoms with Crippen molar-refractivity contribution in [3.8, 4) is 0 Å². The van der Waals surface area contributed by atoms with E-state index >= 15 is 0 Å². The maximum absolute atomic E-state index is 13.1. The van der Waals surface area contributed by atoms with Crippen molar-refractivity contribution in [2.75, 3.05) is 32.7 Å². The summed E-state index contributed by atoms with van der Waals surface area (Å²) >= 11 is 0. The highest BCUT2D eigenvalue weighted by Crippen LogP contribution is 2.29. The molecule has 1 aromatic carbocycles. The molecular formula is C25H34N4O4. The van der Waals surface area contributed by atoms with Crippen LogP contribution in [0.15, 0.2) is 24.3 Å². The smallest absolute Gasteiger partial charge is 0.325 e. The lowest BCUT2D eigenvalue weighted by Gasteiger charge is -2.34. The van der Waals surface area contributed by atoms with Gasteiger partial charge in [-0.1, -0.05) is 42.7 Å². The van der Waals surface area contributed by atoms with E-state index in [1.807, 2.05) is 36.1 Å². The molecule has 0 spiro atoms. The van der Waals surface area contributed by atoms with E-state index < -0.39 is 17.5 Å². The van der Waals surface area contributed by atoms with E-state index in [0.717, 1.165) is 36.4 Å². The van der Waals surface area contributed by atoms with Crippen molar-refractivity contribution in [1.29, 1.82) is 0 Å². The number of urea groups is 1. The fourth-order valence-electron chi connectivity index (χ4n) is 5.08. The third kappa shape index (κ3) is 4.75. The lowest BCUT2D eigenvalue weighted by molar-refractivity contribution is -0.142. The maximum Gasteiger partial charge on any atom is 0.325 e. The van der Waals surface area contributed by atoms with Gasteiger partial charge in [0.2, 0.25) is 11.8 Å². The highest BCUT2D eigenvalue weighted by Gasteiger charge is 2.49. The Labute approximate surface area is 195 Å². The number of amides is 5. The highest BCUT2D eigenvalue weighted by atomic mass is 16.2. The molecule has 3 saturated heterocycles. The molecule has 1 N–H and O–H groups in total. The van der Waals surface area contributed by atoms with Gasteiger partial charge in [-0.15, -0.1) is 0 Å². The molecule has 0 radical (unpaired) electrons. The molecule has 8 nitrogen and oxygen atoms in total. The Bertz CT molecular complexity index is 915. The molecule has 0 aromatic heterocycles. The zero-order valence-electron chi connectivity index (χ0n) is 19.6. The van der Waals surface area contributed by atoms with E-state index in [-0.39, 0.29) is 24.3 Å². The molecule has 4 rings (SSSR count). The van der Waals surface area contributed by atoms with E-state index in [1.54, 1.807) is 11.8 Å². The zero-order valence-corrected chi connectivity index (χ0v) is 19.6. The van der Waals surface area contributed by atoms with E-state index in [9.17, 15) is 19.2 Å². The number of rotatable bonds is 4. The summed E-state index contributed by atoms with van der Waals surface area (Å²) in [4.78, 5) is 56.2. The van der Waals surface area contributed by atoms with Gasteiger partial charge >= 0.3 is 6.03 Å². The Morgan fingerprint density at radius 1 is 0.939 bits per heavy atom. The van der Waals surface area contributed by atoms with Gasteiger partial charge in [-0.2, -0.15) is 0 Å². The minimum Gasteiger partial charge on any atom is -0.342 e. The summed E-state index contributed by atoms with van der Waals surface area (Å²) in [6, 6.07) is 6.88. The molecular weight excluding hydrogens is 420 g/mol. The second-order valence-corrected chi connectivity index (χ2v) is 9.71. The van der Waals surface area contributed by atoms with Crippen molar-refractivity contribution < 1.29 is 19.2 Å². The van der Waals surface area contributed by atoms with Gasteiger partial charge in [0.25, 0.3) is 5.91 Å². The number of nitrogens with zero attached hydrogens (tertiary/aromatic N) is 3. The van der Waals surface area contributed by atoms with Crippen LogP contribution < -0.4 is 5.32 Å². The molecule has 0 saturated carbocycles. The minimum atomic E-state index is -1.18. The summed E-state index contributed by atoms with van der Waals surface area (Å²) in [6.45, 7) is 5.97. The van der Waals surface area contributed by atoms with Crippen molar-refractivity contribution in [3.63, 3.8) is 0 Å². The molecule has 5 amide bonds. The van der Waals surface area contributed by atoms with Crippen LogP contribution in [-0.2, 0) is 19.9 Å². The fraction of sp³-hybridized carbons (Fsp3) is 0.600. The number of aryl methyl sites for hydroxylation is 1. The molecule has 178 valence electrons. The monoisotopic (exact) mass is 454 g/mol. The van der Waals surface area contributed by atoms with Crippen LogP contribution >= 0.6 is 0 Å². The third-order valence-corrected chi connectivity index (χ3v) is 7.31. The van der Waals surface area contributed by atoms with Gasteiger partial charge in [-0.05, 0) is 45.1 Å². The molecule has 0 aliphatic carbocycles. The number of carbonyl (C=O) groups excluding carboxylic acids is 4. The van der Waals surface area contributed by atoms with Gasteiger partial charge in [0, 0.05) is 32.1 Å². The van der Waals surface area contributed by atoms with Crippen LogP contribution in [0.4, 0.5) is 4.79 Å². The van der Waals surface area contributed by atoms with Gasteiger partial charge in [0.15, 0.2) is 0 Å². The lowest BCUT2D eigenvalue weighted by atomic mass is 9.91. The Kier molecular flexibility index (Phi) is 6.72. The molecule has 0 bridgehead atoms. The maximum atomic E-state index is 13.1. The second-order valence-electron chi connectivity index (χ2n) is 9.71. The van der Waals surface area contributed by atoms with Crippen LogP contribution in [0.5, 0.6) is 0 Å². The van der Waals surface area contributed by atoms with Crippen molar-refractivity contribution in [3.05, 3.63) is 35.4 Å². The van der Waals surface area contributed by atoms with E-state index in [2.05, 4.69) is 5.32 Å². The van der Waals surface area contributed by atoms with Crippen molar-refractivity contribution in [1.82, 2.24) is 20.0 Å². The number of imide groups is 1. The predicted molar refractivity (Wildman–Crippen MR) is 123 cm³/mol. The molecule has 1 atom stereocenters. The topological polar surface area (TPSA) is 90.0 Å². The molecule has 1 unspecified atom stereocenters. The zero-order chi connectivity index (χ0) is 23.6. The highest BCUT2D eigenvalue weighted by molar-refractivity contribution is 6.09. The van der Waals surface area contributed by atoms with Crippen LogP contribution in [0.1, 0.15) is 56.6 Å². The Balaban J connectivity index is 1.33. The summed E-state index contributed by atoms with van der Waals surface area (Å²) in [6.07, 6.45) is 5.75. The quantitative estimate of drug-likeness (QED) is 0.708. The Hall–Kier alpha value is -2.90. The molecule has 8 heteroatoms. The fourth-order valence-corrected chi connectivity index (χ4v) is 5.08. The van der Waals surface area contributed by atoms with Gasteiger partial charge < -0.3 is 15.1 Å².